The van der Waals surface area contributed by atoms with Crippen LogP contribution in [0.4, 0.5) is 11.4 Å². The van der Waals surface area contributed by atoms with Gasteiger partial charge >= 0.3 is 0 Å². The summed E-state index contributed by atoms with van der Waals surface area (Å²) < 4.78 is 5.32. The van der Waals surface area contributed by atoms with E-state index in [1.54, 1.807) is 18.2 Å². The largest absolute Gasteiger partial charge is 0.481 e. The van der Waals surface area contributed by atoms with Gasteiger partial charge in [0.05, 0.1) is 5.69 Å². The van der Waals surface area contributed by atoms with Gasteiger partial charge in [0.15, 0.2) is 6.61 Å². The number of hydrogen-bond donors (Lipinski definition) is 2. The fourth-order valence-corrected chi connectivity index (χ4v) is 2.00. The molecular formula is C14H19N3O3. The number of nitrogens with zero attached hydrogens (tertiary/aromatic N) is 1. The first-order chi connectivity index (χ1) is 9.61. The van der Waals surface area contributed by atoms with Crippen molar-refractivity contribution in [3.05, 3.63) is 18.2 Å². The van der Waals surface area contributed by atoms with Crippen LogP contribution in [0.5, 0.6) is 5.75 Å². The number of unbranched alkanes of at least 4 members (excludes halogenated alkanes) is 1. The lowest BCUT2D eigenvalue weighted by Crippen LogP contribution is -2.45. The molecule has 6 nitrogen and oxygen atoms in total. The molecule has 0 bridgehead atoms. The number of nitrogens with two attached hydrogens (primary N) is 1. The van der Waals surface area contributed by atoms with Gasteiger partial charge in [0.25, 0.3) is 5.91 Å². The molecule has 2 rings (SSSR count). The summed E-state index contributed by atoms with van der Waals surface area (Å²) in [5.74, 6) is 0.135. The third kappa shape index (κ3) is 3.20. The van der Waals surface area contributed by atoms with Gasteiger partial charge in [-0.05, 0) is 18.6 Å². The van der Waals surface area contributed by atoms with Crippen LogP contribution in [0.1, 0.15) is 19.8 Å². The minimum Gasteiger partial charge on any atom is -0.481 e. The highest BCUT2D eigenvalue weighted by atomic mass is 16.5. The lowest BCUT2D eigenvalue weighted by Gasteiger charge is -2.29. The van der Waals surface area contributed by atoms with E-state index in [1.165, 1.54) is 4.90 Å². The van der Waals surface area contributed by atoms with Crippen molar-refractivity contribution in [2.24, 2.45) is 0 Å². The molecule has 0 radical (unpaired) electrons. The first-order valence-electron chi connectivity index (χ1n) is 6.71. The van der Waals surface area contributed by atoms with E-state index in [1.807, 2.05) is 0 Å². The van der Waals surface area contributed by atoms with E-state index in [2.05, 4.69) is 12.2 Å². The molecule has 6 heteroatoms. The minimum absolute atomic E-state index is 0.00280. The fraction of sp³-hybridized carbons (Fsp3) is 0.429. The predicted octanol–water partition coefficient (Wildman–Crippen LogP) is 0.911. The Morgan fingerprint density at radius 3 is 3.05 bits per heavy atom. The van der Waals surface area contributed by atoms with Gasteiger partial charge in [-0.25, -0.2) is 0 Å². The Morgan fingerprint density at radius 1 is 1.50 bits per heavy atom. The van der Waals surface area contributed by atoms with E-state index in [0.717, 1.165) is 12.8 Å². The highest BCUT2D eigenvalue weighted by Crippen LogP contribution is 2.33. The summed E-state index contributed by atoms with van der Waals surface area (Å²) in [5.41, 5.74) is 6.83. The molecular weight excluding hydrogens is 258 g/mol. The minimum atomic E-state index is -0.229. The van der Waals surface area contributed by atoms with Gasteiger partial charge in [0.1, 0.15) is 12.3 Å². The number of amides is 2. The Hall–Kier alpha value is -2.24. The van der Waals surface area contributed by atoms with Gasteiger partial charge in [0.2, 0.25) is 5.91 Å². The average molecular weight is 277 g/mol. The van der Waals surface area contributed by atoms with E-state index < -0.39 is 0 Å². The number of nitrogen functional groups attached to an aromatic ring is 1. The summed E-state index contributed by atoms with van der Waals surface area (Å²) in [6, 6.07) is 5.04. The molecule has 0 saturated heterocycles. The quantitative estimate of drug-likeness (QED) is 0.619. The fourth-order valence-electron chi connectivity index (χ4n) is 2.00. The molecule has 0 spiro atoms. The van der Waals surface area contributed by atoms with Crippen molar-refractivity contribution in [3.8, 4) is 5.75 Å². The molecule has 0 saturated carbocycles. The van der Waals surface area contributed by atoms with Crippen LogP contribution in [0.3, 0.4) is 0 Å². The van der Waals surface area contributed by atoms with E-state index >= 15 is 0 Å². The molecule has 3 N–H and O–H groups in total. The molecule has 1 aromatic carbocycles. The smallest absolute Gasteiger partial charge is 0.265 e. The maximum absolute atomic E-state index is 11.9. The van der Waals surface area contributed by atoms with Crippen molar-refractivity contribution >= 4 is 23.2 Å². The third-order valence-corrected chi connectivity index (χ3v) is 3.08. The first kappa shape index (κ1) is 14.2. The molecule has 0 atom stereocenters. The van der Waals surface area contributed by atoms with Crippen molar-refractivity contribution in [2.45, 2.75) is 19.8 Å². The summed E-state index contributed by atoms with van der Waals surface area (Å²) in [6.07, 6.45) is 1.94. The molecule has 1 aromatic rings. The van der Waals surface area contributed by atoms with Crippen LogP contribution in [0.15, 0.2) is 18.2 Å². The number of hydrogen-bond acceptors (Lipinski definition) is 4. The zero-order valence-electron chi connectivity index (χ0n) is 11.5. The Bertz CT molecular complexity index is 516. The standard InChI is InChI=1S/C14H19N3O3/c1-2-3-6-16-13(18)8-17-11-5-4-10(15)7-12(11)20-9-14(17)19/h4-5,7H,2-3,6,8-9,15H2,1H3,(H,16,18). The van der Waals surface area contributed by atoms with Crippen molar-refractivity contribution in [3.63, 3.8) is 0 Å². The number of anilines is 2. The van der Waals surface area contributed by atoms with Crippen LogP contribution in [0.25, 0.3) is 0 Å². The van der Waals surface area contributed by atoms with Gasteiger partial charge in [-0.1, -0.05) is 13.3 Å². The summed E-state index contributed by atoms with van der Waals surface area (Å²) in [6.45, 7) is 2.61. The molecule has 0 unspecified atom stereocenters. The highest BCUT2D eigenvalue weighted by molar-refractivity contribution is 6.02. The molecule has 2 amide bonds. The van der Waals surface area contributed by atoms with Gasteiger partial charge in [-0.2, -0.15) is 0 Å². The van der Waals surface area contributed by atoms with Gasteiger partial charge in [0, 0.05) is 18.3 Å². The van der Waals surface area contributed by atoms with E-state index in [4.69, 9.17) is 10.5 Å². The van der Waals surface area contributed by atoms with Gasteiger partial charge < -0.3 is 15.8 Å². The monoisotopic (exact) mass is 277 g/mol. The zero-order chi connectivity index (χ0) is 14.5. The van der Waals surface area contributed by atoms with Crippen LogP contribution in [0, 0.1) is 0 Å². The van der Waals surface area contributed by atoms with Crippen LogP contribution in [-0.2, 0) is 9.59 Å². The summed E-state index contributed by atoms with van der Waals surface area (Å²) in [4.78, 5) is 25.2. The molecule has 0 aliphatic carbocycles. The van der Waals surface area contributed by atoms with Crippen LogP contribution in [0.2, 0.25) is 0 Å². The molecule has 1 aliphatic rings. The van der Waals surface area contributed by atoms with Crippen molar-refractivity contribution in [1.29, 1.82) is 0 Å². The van der Waals surface area contributed by atoms with E-state index in [0.29, 0.717) is 23.7 Å². The van der Waals surface area contributed by atoms with Crippen LogP contribution >= 0.6 is 0 Å². The molecule has 0 aromatic heterocycles. The SMILES string of the molecule is CCCCNC(=O)CN1C(=O)COc2cc(N)ccc21. The van der Waals surface area contributed by atoms with Crippen LogP contribution in [-0.4, -0.2) is 31.5 Å². The van der Waals surface area contributed by atoms with Crippen molar-refractivity contribution in [1.82, 2.24) is 5.32 Å². The Labute approximate surface area is 117 Å². The highest BCUT2D eigenvalue weighted by Gasteiger charge is 2.27. The van der Waals surface area contributed by atoms with Crippen molar-refractivity contribution < 1.29 is 14.3 Å². The molecule has 0 fully saturated rings. The van der Waals surface area contributed by atoms with Crippen molar-refractivity contribution in [2.75, 3.05) is 30.3 Å². The second kappa shape index (κ2) is 6.27. The van der Waals surface area contributed by atoms with Gasteiger partial charge in [-0.15, -0.1) is 0 Å². The Morgan fingerprint density at radius 2 is 2.30 bits per heavy atom. The third-order valence-electron chi connectivity index (χ3n) is 3.08. The lowest BCUT2D eigenvalue weighted by molar-refractivity contribution is -0.125. The lowest BCUT2D eigenvalue weighted by atomic mass is 10.2. The maximum Gasteiger partial charge on any atom is 0.265 e. The maximum atomic E-state index is 11.9. The summed E-state index contributed by atoms with van der Waals surface area (Å²) in [7, 11) is 0. The molecule has 108 valence electrons. The van der Waals surface area contributed by atoms with Gasteiger partial charge in [-0.3, -0.25) is 14.5 Å². The first-order valence-corrected chi connectivity index (χ1v) is 6.71. The Balaban J connectivity index is 2.07. The number of fused-ring (bicyclic) bond motifs is 1. The topological polar surface area (TPSA) is 84.7 Å². The summed E-state index contributed by atoms with van der Waals surface area (Å²) in [5, 5.41) is 2.80. The average Bonchev–Trinajstić information content (AvgIpc) is 2.42. The van der Waals surface area contributed by atoms with Crippen LogP contribution < -0.4 is 20.7 Å². The second-order valence-corrected chi connectivity index (χ2v) is 4.70. The number of benzene rings is 1. The number of nitrogens with one attached hydrogen (secondary N) is 1. The van der Waals surface area contributed by atoms with E-state index in [9.17, 15) is 9.59 Å². The molecule has 1 aliphatic heterocycles. The Kier molecular flexibility index (Phi) is 4.45. The summed E-state index contributed by atoms with van der Waals surface area (Å²) >= 11 is 0. The number of carbonyl (C=O) groups is 2. The second-order valence-electron chi connectivity index (χ2n) is 4.70. The number of ether oxygens (including phenoxy) is 1. The number of rotatable bonds is 5. The van der Waals surface area contributed by atoms with E-state index in [-0.39, 0.29) is 25.0 Å². The number of carbonyl (C=O) groups excluding carboxylic acids is 2. The molecule has 20 heavy (non-hydrogen) atoms. The predicted molar refractivity (Wildman–Crippen MR) is 76.6 cm³/mol. The zero-order valence-corrected chi connectivity index (χ0v) is 11.5. The molecule has 1 heterocycles. The normalized spacial score (nSPS) is 13.7.